The topological polar surface area (TPSA) is 174 Å². The zero-order chi connectivity index (χ0) is 31.6. The molecule has 11 nitrogen and oxygen atoms in total. The molecule has 2 aliphatic carbocycles. The largest absolute Gasteiger partial charge is 0.470 e. The fourth-order valence-electron chi connectivity index (χ4n) is 5.64. The number of hydrogen-bond donors (Lipinski definition) is 4. The maximum atomic E-state index is 12.2. The summed E-state index contributed by atoms with van der Waals surface area (Å²) >= 11 is 0. The SMILES string of the molecule is CC(CC(=O)N1CC2C(C1)C2(C)C)OC(C)(C)C.NC(=O)C(F)(F)F.NC(=O)[C@H](CC1CC2(CC2)NC1=O)NC=O. The van der Waals surface area contributed by atoms with E-state index in [1.54, 1.807) is 0 Å². The minimum Gasteiger partial charge on any atom is -0.372 e. The molecule has 5 amide bonds. The molecule has 4 rings (SSSR count). The molecule has 6 N–H and O–H groups in total. The number of primary amides is 2. The number of carbonyl (C=O) groups excluding carboxylic acids is 5. The Hall–Kier alpha value is -2.90. The van der Waals surface area contributed by atoms with Gasteiger partial charge in [0.25, 0.3) is 0 Å². The van der Waals surface area contributed by atoms with Crippen molar-refractivity contribution in [1.82, 2.24) is 15.5 Å². The van der Waals surface area contributed by atoms with Crippen molar-refractivity contribution >= 4 is 30.0 Å². The van der Waals surface area contributed by atoms with Gasteiger partial charge in [-0.25, -0.2) is 0 Å². The van der Waals surface area contributed by atoms with E-state index >= 15 is 0 Å². The highest BCUT2D eigenvalue weighted by atomic mass is 19.4. The molecule has 0 aromatic rings. The summed E-state index contributed by atoms with van der Waals surface area (Å²) in [6.45, 7) is 14.6. The average molecular weight is 592 g/mol. The van der Waals surface area contributed by atoms with Gasteiger partial charge in [0.05, 0.1) is 18.1 Å². The van der Waals surface area contributed by atoms with Crippen LogP contribution >= 0.6 is 0 Å². The van der Waals surface area contributed by atoms with Crippen molar-refractivity contribution in [2.75, 3.05) is 13.1 Å². The lowest BCUT2D eigenvalue weighted by atomic mass is 9.95. The number of nitrogens with zero attached hydrogens (tertiary/aromatic N) is 1. The lowest BCUT2D eigenvalue weighted by Crippen LogP contribution is -2.42. The van der Waals surface area contributed by atoms with Crippen molar-refractivity contribution in [3.63, 3.8) is 0 Å². The van der Waals surface area contributed by atoms with Crippen LogP contribution < -0.4 is 22.1 Å². The van der Waals surface area contributed by atoms with Gasteiger partial charge in [0.15, 0.2) is 0 Å². The van der Waals surface area contributed by atoms with Crippen molar-refractivity contribution in [3.8, 4) is 0 Å². The summed E-state index contributed by atoms with van der Waals surface area (Å²) in [5.41, 5.74) is 9.24. The standard InChI is InChI=1S/C15H27NO2.C10H15N3O3.C2H2F3NO/c1-10(18-14(2,3)4)7-13(17)16-8-11-12(9-16)15(11,5)6;11-8(15)7(12-5-14)3-6-4-10(1-2-10)13-9(6)16;3-2(4,5)1(6)7/h10-12H,7-9H2,1-6H3;5-7H,1-4H2,(H2,11,15)(H,12,14)(H,13,16);(H2,6,7)/t;6?,7-;/m.0./s1. The molecule has 234 valence electrons. The first-order valence-corrected chi connectivity index (χ1v) is 13.7. The van der Waals surface area contributed by atoms with Gasteiger partial charge in [-0.1, -0.05) is 13.8 Å². The third-order valence-electron chi connectivity index (χ3n) is 8.15. The van der Waals surface area contributed by atoms with E-state index in [9.17, 15) is 32.3 Å². The summed E-state index contributed by atoms with van der Waals surface area (Å²) in [4.78, 5) is 56.3. The van der Waals surface area contributed by atoms with Gasteiger partial charge in [0, 0.05) is 24.5 Å². The summed E-state index contributed by atoms with van der Waals surface area (Å²) in [5, 5.41) is 5.28. The Morgan fingerprint density at radius 2 is 1.66 bits per heavy atom. The molecule has 4 fully saturated rings. The molecular formula is C27H44F3N5O6. The van der Waals surface area contributed by atoms with E-state index < -0.39 is 24.0 Å². The average Bonchev–Trinajstić information content (AvgIpc) is 3.48. The number of piperidine rings is 1. The Bertz CT molecular complexity index is 994. The normalized spacial score (nSPS) is 26.2. The molecule has 2 saturated heterocycles. The summed E-state index contributed by atoms with van der Waals surface area (Å²) in [6.07, 6.45) is -0.846. The second kappa shape index (κ2) is 12.5. The van der Waals surface area contributed by atoms with E-state index in [0.29, 0.717) is 24.7 Å². The number of fused-ring (bicyclic) bond motifs is 1. The molecule has 0 radical (unpaired) electrons. The monoisotopic (exact) mass is 591 g/mol. The lowest BCUT2D eigenvalue weighted by molar-refractivity contribution is -0.169. The van der Waals surface area contributed by atoms with Gasteiger partial charge in [-0.3, -0.25) is 24.0 Å². The Labute approximate surface area is 238 Å². The van der Waals surface area contributed by atoms with Crippen LogP contribution in [0.2, 0.25) is 0 Å². The van der Waals surface area contributed by atoms with E-state index in [4.69, 9.17) is 15.3 Å². The van der Waals surface area contributed by atoms with Crippen molar-refractivity contribution in [1.29, 1.82) is 0 Å². The van der Waals surface area contributed by atoms with Crippen molar-refractivity contribution in [3.05, 3.63) is 0 Å². The van der Waals surface area contributed by atoms with Crippen LogP contribution in [0.1, 0.15) is 73.6 Å². The van der Waals surface area contributed by atoms with Gasteiger partial charge in [-0.2, -0.15) is 13.2 Å². The maximum Gasteiger partial charge on any atom is 0.470 e. The summed E-state index contributed by atoms with van der Waals surface area (Å²) in [6, 6.07) is -0.748. The Kier molecular flexibility index (Phi) is 10.5. The summed E-state index contributed by atoms with van der Waals surface area (Å²) in [5.74, 6) is -1.37. The van der Waals surface area contributed by atoms with Crippen LogP contribution in [0.15, 0.2) is 0 Å². The fourth-order valence-corrected chi connectivity index (χ4v) is 5.64. The molecular weight excluding hydrogens is 547 g/mol. The predicted molar refractivity (Wildman–Crippen MR) is 143 cm³/mol. The van der Waals surface area contributed by atoms with Gasteiger partial charge in [0.1, 0.15) is 6.04 Å². The van der Waals surface area contributed by atoms with E-state index in [0.717, 1.165) is 44.2 Å². The first-order chi connectivity index (χ1) is 18.6. The number of halogens is 3. The van der Waals surface area contributed by atoms with Crippen molar-refractivity contribution in [2.45, 2.75) is 103 Å². The van der Waals surface area contributed by atoms with Gasteiger partial charge in [-0.05, 0) is 70.6 Å². The minimum absolute atomic E-state index is 0.00226. The van der Waals surface area contributed by atoms with Crippen LogP contribution in [0, 0.1) is 23.2 Å². The van der Waals surface area contributed by atoms with E-state index in [2.05, 4.69) is 30.2 Å². The molecule has 5 atom stereocenters. The molecule has 14 heteroatoms. The van der Waals surface area contributed by atoms with Gasteiger partial charge in [-0.15, -0.1) is 0 Å². The summed E-state index contributed by atoms with van der Waals surface area (Å²) in [7, 11) is 0. The molecule has 4 unspecified atom stereocenters. The lowest BCUT2D eigenvalue weighted by Gasteiger charge is -2.27. The Balaban J connectivity index is 0.000000236. The Morgan fingerprint density at radius 3 is 2.02 bits per heavy atom. The smallest absolute Gasteiger partial charge is 0.372 e. The molecule has 0 aromatic heterocycles. The van der Waals surface area contributed by atoms with Crippen LogP contribution in [-0.4, -0.2) is 77.5 Å². The molecule has 4 aliphatic rings. The Morgan fingerprint density at radius 1 is 1.15 bits per heavy atom. The molecule has 0 bridgehead atoms. The third-order valence-corrected chi connectivity index (χ3v) is 8.15. The van der Waals surface area contributed by atoms with Gasteiger partial charge < -0.3 is 31.7 Å². The number of rotatable bonds is 8. The number of carbonyl (C=O) groups is 5. The number of amides is 5. The van der Waals surface area contributed by atoms with Crippen LogP contribution in [0.25, 0.3) is 0 Å². The van der Waals surface area contributed by atoms with Gasteiger partial charge >= 0.3 is 12.1 Å². The van der Waals surface area contributed by atoms with Crippen molar-refractivity contribution < 1.29 is 41.9 Å². The second-order valence-corrected chi connectivity index (χ2v) is 13.1. The highest BCUT2D eigenvalue weighted by molar-refractivity contribution is 5.86. The molecule has 1 spiro atoms. The van der Waals surface area contributed by atoms with E-state index in [1.165, 1.54) is 0 Å². The molecule has 2 saturated carbocycles. The maximum absolute atomic E-state index is 12.2. The van der Waals surface area contributed by atoms with Crippen LogP contribution in [-0.2, 0) is 28.7 Å². The number of nitrogens with one attached hydrogen (secondary N) is 2. The van der Waals surface area contributed by atoms with Crippen molar-refractivity contribution in [2.24, 2.45) is 34.6 Å². The number of likely N-dealkylation sites (tertiary alicyclic amines) is 1. The third kappa shape index (κ3) is 9.86. The highest BCUT2D eigenvalue weighted by Gasteiger charge is 2.62. The molecule has 0 aromatic carbocycles. The quantitative estimate of drug-likeness (QED) is 0.310. The minimum atomic E-state index is -4.86. The molecule has 41 heavy (non-hydrogen) atoms. The van der Waals surface area contributed by atoms with Crippen LogP contribution in [0.5, 0.6) is 0 Å². The van der Waals surface area contributed by atoms with E-state index in [1.807, 2.05) is 32.6 Å². The van der Waals surface area contributed by atoms with Gasteiger partial charge in [0.2, 0.25) is 24.1 Å². The predicted octanol–water partition coefficient (Wildman–Crippen LogP) is 1.37. The second-order valence-electron chi connectivity index (χ2n) is 13.1. The number of nitrogens with two attached hydrogens (primary N) is 2. The molecule has 2 aliphatic heterocycles. The highest BCUT2D eigenvalue weighted by Crippen LogP contribution is 2.62. The van der Waals surface area contributed by atoms with E-state index in [-0.39, 0.29) is 35.0 Å². The fraction of sp³-hybridized carbons (Fsp3) is 0.815. The van der Waals surface area contributed by atoms with Crippen LogP contribution in [0.3, 0.4) is 0 Å². The zero-order valence-electron chi connectivity index (χ0n) is 24.6. The number of ether oxygens (including phenoxy) is 1. The molecule has 2 heterocycles. The first kappa shape index (κ1) is 34.3. The first-order valence-electron chi connectivity index (χ1n) is 13.7. The zero-order valence-corrected chi connectivity index (χ0v) is 24.6. The van der Waals surface area contributed by atoms with Crippen LogP contribution in [0.4, 0.5) is 13.2 Å². The summed E-state index contributed by atoms with van der Waals surface area (Å²) < 4.78 is 37.9. The number of hydrogen-bond acceptors (Lipinski definition) is 6. The number of alkyl halides is 3.